The minimum absolute atomic E-state index is 0.304. The van der Waals surface area contributed by atoms with Crippen LogP contribution in [0.5, 0.6) is 0 Å². The summed E-state index contributed by atoms with van der Waals surface area (Å²) in [5.41, 5.74) is -0.921. The number of aromatic carboxylic acids is 1. The van der Waals surface area contributed by atoms with Crippen LogP contribution in [0.1, 0.15) is 10.4 Å². The third kappa shape index (κ3) is 3.47. The molecule has 1 aromatic carbocycles. The van der Waals surface area contributed by atoms with E-state index in [0.29, 0.717) is 4.31 Å². The van der Waals surface area contributed by atoms with Crippen molar-refractivity contribution in [3.05, 3.63) is 28.5 Å². The number of benzene rings is 1. The Morgan fingerprint density at radius 2 is 1.86 bits per heavy atom. The van der Waals surface area contributed by atoms with Crippen molar-refractivity contribution in [2.24, 2.45) is 0 Å². The molecule has 0 aliphatic carbocycles. The van der Waals surface area contributed by atoms with Crippen molar-refractivity contribution in [1.82, 2.24) is 4.31 Å². The number of sulfonamides is 1. The van der Waals surface area contributed by atoms with Crippen molar-refractivity contribution in [3.63, 3.8) is 0 Å². The molecule has 0 radical (unpaired) electrons. The summed E-state index contributed by atoms with van der Waals surface area (Å²) in [5.74, 6) is -3.20. The van der Waals surface area contributed by atoms with E-state index in [9.17, 15) is 17.6 Å². The summed E-state index contributed by atoms with van der Waals surface area (Å²) in [5, 5.41) is 25.6. The van der Waals surface area contributed by atoms with Crippen LogP contribution >= 0.6 is 11.6 Å². The molecule has 0 atom stereocenters. The summed E-state index contributed by atoms with van der Waals surface area (Å²) in [7, 11) is -4.57. The summed E-state index contributed by atoms with van der Waals surface area (Å²) in [6.45, 7) is -1.38. The molecular weight excluding hydrogens is 325 g/mol. The zero-order valence-electron chi connectivity index (χ0n) is 10.2. The average molecular weight is 332 g/mol. The van der Waals surface area contributed by atoms with Crippen LogP contribution in [0, 0.1) is 28.5 Å². The average Bonchev–Trinajstić information content (AvgIpc) is 2.40. The van der Waals surface area contributed by atoms with E-state index in [1.165, 1.54) is 12.1 Å². The van der Waals surface area contributed by atoms with Gasteiger partial charge in [0.1, 0.15) is 18.0 Å². The summed E-state index contributed by atoms with van der Waals surface area (Å²) >= 11 is 5.59. The van der Waals surface area contributed by atoms with Crippen molar-refractivity contribution in [2.75, 3.05) is 13.1 Å². The van der Waals surface area contributed by atoms with Gasteiger partial charge >= 0.3 is 5.97 Å². The van der Waals surface area contributed by atoms with E-state index >= 15 is 0 Å². The van der Waals surface area contributed by atoms with Crippen LogP contribution in [0.3, 0.4) is 0 Å². The molecule has 1 N–H and O–H groups in total. The molecule has 0 spiro atoms. The quantitative estimate of drug-likeness (QED) is 0.809. The second-order valence-corrected chi connectivity index (χ2v) is 6.00. The highest BCUT2D eigenvalue weighted by Crippen LogP contribution is 2.26. The monoisotopic (exact) mass is 331 g/mol. The zero-order chi connectivity index (χ0) is 16.2. The number of rotatable bonds is 5. The Kier molecular flexibility index (Phi) is 5.22. The second-order valence-electron chi connectivity index (χ2n) is 3.66. The Hall–Kier alpha value is -2.20. The molecule has 0 saturated heterocycles. The highest BCUT2D eigenvalue weighted by Gasteiger charge is 2.30. The number of hydrogen-bond donors (Lipinski definition) is 1. The van der Waals surface area contributed by atoms with Gasteiger partial charge in [-0.05, 0) is 12.1 Å². The summed E-state index contributed by atoms with van der Waals surface area (Å²) in [4.78, 5) is 9.86. The molecule has 0 unspecified atom stereocenters. The van der Waals surface area contributed by atoms with Crippen LogP contribution in [-0.2, 0) is 10.0 Å². The lowest BCUT2D eigenvalue weighted by molar-refractivity contribution is 0.0691. The SMILES string of the molecule is N#CCN(CC#N)S(=O)(=O)c1cc(Cl)cc(C(=O)O)c1F. The van der Waals surface area contributed by atoms with E-state index in [2.05, 4.69) is 0 Å². The first-order chi connectivity index (χ1) is 9.75. The van der Waals surface area contributed by atoms with Crippen LogP contribution in [0.4, 0.5) is 4.39 Å². The van der Waals surface area contributed by atoms with Crippen LogP contribution < -0.4 is 0 Å². The molecule has 0 bridgehead atoms. The highest BCUT2D eigenvalue weighted by molar-refractivity contribution is 7.89. The Morgan fingerprint density at radius 3 is 2.29 bits per heavy atom. The molecule has 0 saturated carbocycles. The van der Waals surface area contributed by atoms with Gasteiger partial charge in [-0.25, -0.2) is 17.6 Å². The molecule has 0 aromatic heterocycles. The maximum atomic E-state index is 14.0. The van der Waals surface area contributed by atoms with E-state index in [1.807, 2.05) is 0 Å². The molecule has 0 heterocycles. The van der Waals surface area contributed by atoms with Crippen molar-refractivity contribution >= 4 is 27.6 Å². The lowest BCUT2D eigenvalue weighted by atomic mass is 10.2. The van der Waals surface area contributed by atoms with E-state index in [1.54, 1.807) is 0 Å². The minimum Gasteiger partial charge on any atom is -0.478 e. The van der Waals surface area contributed by atoms with Gasteiger partial charge in [0, 0.05) is 5.02 Å². The van der Waals surface area contributed by atoms with Crippen molar-refractivity contribution in [3.8, 4) is 12.1 Å². The fraction of sp³-hybridized carbons (Fsp3) is 0.182. The van der Waals surface area contributed by atoms with Crippen LogP contribution in [0.25, 0.3) is 0 Å². The number of halogens is 2. The molecule has 10 heteroatoms. The highest BCUT2D eigenvalue weighted by atomic mass is 35.5. The van der Waals surface area contributed by atoms with Crippen LogP contribution in [0.2, 0.25) is 5.02 Å². The molecular formula is C11H7ClFN3O4S. The fourth-order valence-corrected chi connectivity index (χ4v) is 3.06. The van der Waals surface area contributed by atoms with Gasteiger partial charge < -0.3 is 5.11 Å². The van der Waals surface area contributed by atoms with Gasteiger partial charge in [-0.2, -0.15) is 14.8 Å². The van der Waals surface area contributed by atoms with Gasteiger partial charge in [0.2, 0.25) is 10.0 Å². The first kappa shape index (κ1) is 16.9. The molecule has 0 aliphatic rings. The van der Waals surface area contributed by atoms with Gasteiger partial charge in [-0.1, -0.05) is 11.6 Å². The van der Waals surface area contributed by atoms with Gasteiger partial charge in [-0.3, -0.25) is 0 Å². The number of carbonyl (C=O) groups is 1. The van der Waals surface area contributed by atoms with Gasteiger partial charge in [0.05, 0.1) is 17.7 Å². The zero-order valence-corrected chi connectivity index (χ0v) is 11.8. The number of nitriles is 2. The maximum absolute atomic E-state index is 14.0. The van der Waals surface area contributed by atoms with E-state index in [-0.39, 0.29) is 5.02 Å². The topological polar surface area (TPSA) is 122 Å². The maximum Gasteiger partial charge on any atom is 0.338 e. The van der Waals surface area contributed by atoms with Crippen molar-refractivity contribution < 1.29 is 22.7 Å². The number of carboxylic acids is 1. The number of carboxylic acid groups (broad SMARTS) is 1. The first-order valence-corrected chi connectivity index (χ1v) is 7.04. The van der Waals surface area contributed by atoms with Gasteiger partial charge in [0.25, 0.3) is 0 Å². The fourth-order valence-electron chi connectivity index (χ4n) is 1.43. The molecule has 1 rings (SSSR count). The molecule has 7 nitrogen and oxygen atoms in total. The van der Waals surface area contributed by atoms with Crippen molar-refractivity contribution in [2.45, 2.75) is 4.90 Å². The van der Waals surface area contributed by atoms with E-state index in [0.717, 1.165) is 12.1 Å². The first-order valence-electron chi connectivity index (χ1n) is 5.22. The van der Waals surface area contributed by atoms with Crippen LogP contribution in [0.15, 0.2) is 17.0 Å². The standard InChI is InChI=1S/C11H7ClFN3O4S/c12-7-5-8(11(17)18)10(13)9(6-7)21(19,20)16(3-1-14)4-2-15/h5-6H,3-4H2,(H,17,18). The van der Waals surface area contributed by atoms with E-state index < -0.39 is 45.4 Å². The third-order valence-corrected chi connectivity index (χ3v) is 4.36. The summed E-state index contributed by atoms with van der Waals surface area (Å²) < 4.78 is 38.8. The summed E-state index contributed by atoms with van der Waals surface area (Å²) in [6, 6.07) is 4.53. The smallest absolute Gasteiger partial charge is 0.338 e. The lowest BCUT2D eigenvalue weighted by Crippen LogP contribution is -2.32. The molecule has 0 fully saturated rings. The van der Waals surface area contributed by atoms with Gasteiger partial charge in [0.15, 0.2) is 5.82 Å². The number of nitrogens with zero attached hydrogens (tertiary/aromatic N) is 3. The predicted octanol–water partition coefficient (Wildman–Crippen LogP) is 1.22. The van der Waals surface area contributed by atoms with Gasteiger partial charge in [-0.15, -0.1) is 0 Å². The van der Waals surface area contributed by atoms with Crippen molar-refractivity contribution in [1.29, 1.82) is 10.5 Å². The molecule has 0 amide bonds. The lowest BCUT2D eigenvalue weighted by Gasteiger charge is -2.17. The number of hydrogen-bond acceptors (Lipinski definition) is 5. The third-order valence-electron chi connectivity index (χ3n) is 2.35. The normalized spacial score (nSPS) is 10.9. The Morgan fingerprint density at radius 1 is 1.33 bits per heavy atom. The largest absolute Gasteiger partial charge is 0.478 e. The molecule has 110 valence electrons. The predicted molar refractivity (Wildman–Crippen MR) is 68.4 cm³/mol. The Labute approximate surface area is 124 Å². The Balaban J connectivity index is 3.55. The molecule has 1 aromatic rings. The minimum atomic E-state index is -4.57. The molecule has 0 aliphatic heterocycles. The van der Waals surface area contributed by atoms with Crippen LogP contribution in [-0.4, -0.2) is 36.9 Å². The van der Waals surface area contributed by atoms with E-state index in [4.69, 9.17) is 27.2 Å². The Bertz CT molecular complexity index is 751. The second kappa shape index (κ2) is 6.50. The summed E-state index contributed by atoms with van der Waals surface area (Å²) in [6.07, 6.45) is 0. The molecule has 21 heavy (non-hydrogen) atoms.